The van der Waals surface area contributed by atoms with Gasteiger partial charge in [0.1, 0.15) is 0 Å². The third kappa shape index (κ3) is 10.7. The van der Waals surface area contributed by atoms with Crippen molar-refractivity contribution in [3.05, 3.63) is 59.7 Å². The van der Waals surface area contributed by atoms with Crippen molar-refractivity contribution in [3.63, 3.8) is 0 Å². The molecule has 1 unspecified atom stereocenters. The van der Waals surface area contributed by atoms with Crippen LogP contribution < -0.4 is 10.6 Å². The predicted octanol–water partition coefficient (Wildman–Crippen LogP) is 2.81. The molecule has 1 fully saturated rings. The number of benzene rings is 2. The number of morpholine rings is 1. The molecule has 2 amide bonds. The van der Waals surface area contributed by atoms with E-state index in [0.717, 1.165) is 25.2 Å². The van der Waals surface area contributed by atoms with Gasteiger partial charge >= 0.3 is 11.9 Å². The van der Waals surface area contributed by atoms with Crippen LogP contribution in [0.15, 0.2) is 48.5 Å². The average molecular weight is 500 g/mol. The molecular formula is C26H33N3O7. The van der Waals surface area contributed by atoms with Crippen molar-refractivity contribution in [1.82, 2.24) is 4.90 Å². The van der Waals surface area contributed by atoms with E-state index < -0.39 is 17.9 Å². The molecular weight excluding hydrogens is 466 g/mol. The Balaban J connectivity index is 0.000000281. The van der Waals surface area contributed by atoms with Crippen LogP contribution in [0.1, 0.15) is 37.3 Å². The van der Waals surface area contributed by atoms with E-state index in [9.17, 15) is 24.3 Å². The van der Waals surface area contributed by atoms with Crippen LogP contribution in [0.3, 0.4) is 0 Å². The fourth-order valence-corrected chi connectivity index (χ4v) is 3.66. The number of carbonyl (C=O) groups excluding carboxylic acids is 2. The van der Waals surface area contributed by atoms with Gasteiger partial charge in [0.15, 0.2) is 0 Å². The summed E-state index contributed by atoms with van der Waals surface area (Å²) in [5.74, 6) is -2.50. The van der Waals surface area contributed by atoms with E-state index in [2.05, 4.69) is 15.5 Å². The van der Waals surface area contributed by atoms with E-state index in [1.807, 2.05) is 0 Å². The van der Waals surface area contributed by atoms with E-state index >= 15 is 0 Å². The molecule has 1 aliphatic heterocycles. The lowest BCUT2D eigenvalue weighted by molar-refractivity contribution is -0.139. The van der Waals surface area contributed by atoms with Crippen LogP contribution in [0.2, 0.25) is 0 Å². The number of carboxylic acid groups (broad SMARTS) is 2. The Kier molecular flexibility index (Phi) is 11.5. The molecule has 36 heavy (non-hydrogen) atoms. The largest absolute Gasteiger partial charge is 0.481 e. The van der Waals surface area contributed by atoms with Crippen LogP contribution in [0.5, 0.6) is 0 Å². The summed E-state index contributed by atoms with van der Waals surface area (Å²) in [6.45, 7) is 6.74. The number of hydrogen-bond acceptors (Lipinski definition) is 6. The van der Waals surface area contributed by atoms with Crippen LogP contribution >= 0.6 is 0 Å². The second kappa shape index (κ2) is 14.6. The van der Waals surface area contributed by atoms with Crippen molar-refractivity contribution in [2.24, 2.45) is 0 Å². The third-order valence-electron chi connectivity index (χ3n) is 5.40. The minimum absolute atomic E-state index is 0.000349. The van der Waals surface area contributed by atoms with Crippen molar-refractivity contribution in [3.8, 4) is 0 Å². The van der Waals surface area contributed by atoms with E-state index in [1.54, 1.807) is 48.5 Å². The highest BCUT2D eigenvalue weighted by molar-refractivity contribution is 5.89. The van der Waals surface area contributed by atoms with Gasteiger partial charge in [-0.05, 0) is 48.4 Å². The van der Waals surface area contributed by atoms with Crippen molar-refractivity contribution in [1.29, 1.82) is 0 Å². The molecule has 1 saturated heterocycles. The molecule has 2 aromatic carbocycles. The van der Waals surface area contributed by atoms with Crippen LogP contribution in [-0.4, -0.2) is 71.7 Å². The number of nitrogens with one attached hydrogen (secondary N) is 2. The zero-order valence-electron chi connectivity index (χ0n) is 20.5. The molecule has 1 atom stereocenters. The molecule has 194 valence electrons. The molecule has 10 heteroatoms. The lowest BCUT2D eigenvalue weighted by Gasteiger charge is -2.27. The number of anilines is 2. The summed E-state index contributed by atoms with van der Waals surface area (Å²) in [6, 6.07) is 13.7. The van der Waals surface area contributed by atoms with Crippen LogP contribution in [0.25, 0.3) is 0 Å². The number of ether oxygens (including phenoxy) is 1. The first-order valence-electron chi connectivity index (χ1n) is 11.6. The summed E-state index contributed by atoms with van der Waals surface area (Å²) < 4.78 is 5.29. The van der Waals surface area contributed by atoms with Gasteiger partial charge in [-0.3, -0.25) is 24.1 Å². The van der Waals surface area contributed by atoms with Crippen molar-refractivity contribution < 1.29 is 34.1 Å². The number of aliphatic carboxylic acids is 2. The Hall–Kier alpha value is -3.76. The number of rotatable bonds is 9. The first-order valence-corrected chi connectivity index (χ1v) is 11.6. The number of nitrogens with zero attached hydrogens (tertiary/aromatic N) is 1. The lowest BCUT2D eigenvalue weighted by Crippen LogP contribution is -2.37. The third-order valence-corrected chi connectivity index (χ3v) is 5.40. The summed E-state index contributed by atoms with van der Waals surface area (Å²) in [7, 11) is 0. The quantitative estimate of drug-likeness (QED) is 0.412. The highest BCUT2D eigenvalue weighted by atomic mass is 16.5. The first-order chi connectivity index (χ1) is 17.1. The van der Waals surface area contributed by atoms with Crippen molar-refractivity contribution in [2.45, 2.75) is 32.6 Å². The fourth-order valence-electron chi connectivity index (χ4n) is 3.66. The van der Waals surface area contributed by atoms with Crippen LogP contribution in [-0.2, 0) is 30.3 Å². The summed E-state index contributed by atoms with van der Waals surface area (Å²) >= 11 is 0. The fraction of sp³-hybridized carbons (Fsp3) is 0.385. The topological polar surface area (TPSA) is 145 Å². The molecule has 0 saturated carbocycles. The van der Waals surface area contributed by atoms with Gasteiger partial charge < -0.3 is 25.6 Å². The molecule has 10 nitrogen and oxygen atoms in total. The number of hydrogen-bond donors (Lipinski definition) is 4. The smallest absolute Gasteiger partial charge is 0.311 e. The van der Waals surface area contributed by atoms with Gasteiger partial charge in [-0.1, -0.05) is 24.3 Å². The van der Waals surface area contributed by atoms with Gasteiger partial charge in [-0.15, -0.1) is 0 Å². The van der Waals surface area contributed by atoms with Crippen LogP contribution in [0, 0.1) is 0 Å². The zero-order chi connectivity index (χ0) is 26.5. The normalized spacial score (nSPS) is 14.1. The Labute approximate surface area is 210 Å². The molecule has 0 aliphatic carbocycles. The van der Waals surface area contributed by atoms with E-state index in [0.29, 0.717) is 36.6 Å². The molecule has 1 aliphatic rings. The zero-order valence-corrected chi connectivity index (χ0v) is 20.5. The molecule has 2 aromatic rings. The van der Waals surface area contributed by atoms with Crippen LogP contribution in [0.4, 0.5) is 11.4 Å². The van der Waals surface area contributed by atoms with Gasteiger partial charge in [0.2, 0.25) is 11.8 Å². The second-order valence-corrected chi connectivity index (χ2v) is 8.39. The standard InChI is InChI=1S/C16H22N2O4.C10H11NO3/c1-12(19)17-14-4-2-13(3-5-14)15(16(20)21)6-7-18-8-10-22-11-9-18;1-7(12)11-9-4-2-8(3-5-9)6-10(13)14/h2-5,15H,6-11H2,1H3,(H,17,19)(H,20,21);2-5H,6H2,1H3,(H,11,12)(H,13,14). The molecule has 0 bridgehead atoms. The Morgan fingerprint density at radius 2 is 1.36 bits per heavy atom. The number of carboxylic acids is 2. The lowest BCUT2D eigenvalue weighted by atomic mass is 9.95. The molecule has 3 rings (SSSR count). The summed E-state index contributed by atoms with van der Waals surface area (Å²) in [5.41, 5.74) is 2.82. The van der Waals surface area contributed by atoms with E-state index in [1.165, 1.54) is 13.8 Å². The van der Waals surface area contributed by atoms with Gasteiger partial charge in [0, 0.05) is 38.3 Å². The summed E-state index contributed by atoms with van der Waals surface area (Å²) in [4.78, 5) is 45.8. The maximum atomic E-state index is 11.5. The summed E-state index contributed by atoms with van der Waals surface area (Å²) in [6.07, 6.45) is 0.565. The number of amides is 2. The molecule has 0 aromatic heterocycles. The Bertz CT molecular complexity index is 982. The Morgan fingerprint density at radius 3 is 1.81 bits per heavy atom. The Morgan fingerprint density at radius 1 is 0.861 bits per heavy atom. The van der Waals surface area contributed by atoms with E-state index in [4.69, 9.17) is 9.84 Å². The van der Waals surface area contributed by atoms with E-state index in [-0.39, 0.29) is 18.2 Å². The monoisotopic (exact) mass is 499 g/mol. The van der Waals surface area contributed by atoms with Gasteiger partial charge in [0.05, 0.1) is 25.6 Å². The number of carbonyl (C=O) groups is 4. The average Bonchev–Trinajstić information content (AvgIpc) is 2.81. The van der Waals surface area contributed by atoms with Crippen molar-refractivity contribution in [2.75, 3.05) is 43.5 Å². The SMILES string of the molecule is CC(=O)Nc1ccc(C(CCN2CCOCC2)C(=O)O)cc1.CC(=O)Nc1ccc(CC(=O)O)cc1. The molecule has 0 spiro atoms. The molecule has 1 heterocycles. The van der Waals surface area contributed by atoms with Gasteiger partial charge in [-0.2, -0.15) is 0 Å². The minimum atomic E-state index is -0.864. The minimum Gasteiger partial charge on any atom is -0.481 e. The summed E-state index contributed by atoms with van der Waals surface area (Å²) in [5, 5.41) is 23.2. The van der Waals surface area contributed by atoms with Gasteiger partial charge in [-0.25, -0.2) is 0 Å². The van der Waals surface area contributed by atoms with Crippen molar-refractivity contribution >= 4 is 35.1 Å². The maximum Gasteiger partial charge on any atom is 0.311 e. The molecule has 4 N–H and O–H groups in total. The maximum absolute atomic E-state index is 11.5. The molecule has 0 radical (unpaired) electrons. The second-order valence-electron chi connectivity index (χ2n) is 8.39. The highest BCUT2D eigenvalue weighted by Gasteiger charge is 2.21. The first kappa shape index (κ1) is 28.5. The highest BCUT2D eigenvalue weighted by Crippen LogP contribution is 2.23. The van der Waals surface area contributed by atoms with Gasteiger partial charge in [0.25, 0.3) is 0 Å². The predicted molar refractivity (Wildman–Crippen MR) is 135 cm³/mol.